The monoisotopic (exact) mass is 282 g/mol. The van der Waals surface area contributed by atoms with Crippen LogP contribution < -0.4 is 0 Å². The van der Waals surface area contributed by atoms with Gasteiger partial charge in [-0.25, -0.2) is 0 Å². The zero-order chi connectivity index (χ0) is 15.2. The highest BCUT2D eigenvalue weighted by molar-refractivity contribution is 5.77. The van der Waals surface area contributed by atoms with Gasteiger partial charge in [0.25, 0.3) is 0 Å². The van der Waals surface area contributed by atoms with Gasteiger partial charge in [0.1, 0.15) is 0 Å². The molecule has 0 fully saturated rings. The Kier molecular flexibility index (Phi) is 11.5. The fraction of sp³-hybridized carbons (Fsp3) is 0.625. The summed E-state index contributed by atoms with van der Waals surface area (Å²) in [5.74, 6) is -2.92. The van der Waals surface area contributed by atoms with Crippen LogP contribution in [0, 0.1) is 5.92 Å². The first-order chi connectivity index (χ1) is 9.57. The summed E-state index contributed by atoms with van der Waals surface area (Å²) in [7, 11) is 0. The van der Waals surface area contributed by atoms with E-state index in [1.807, 2.05) is 6.08 Å². The van der Waals surface area contributed by atoms with Crippen LogP contribution in [0.1, 0.15) is 58.3 Å². The van der Waals surface area contributed by atoms with Crippen LogP contribution in [0.2, 0.25) is 0 Å². The van der Waals surface area contributed by atoms with E-state index in [9.17, 15) is 9.59 Å². The Morgan fingerprint density at radius 2 is 1.55 bits per heavy atom. The van der Waals surface area contributed by atoms with Crippen molar-refractivity contribution in [1.29, 1.82) is 0 Å². The molecule has 0 radical (unpaired) electrons. The highest BCUT2D eigenvalue weighted by Gasteiger charge is 2.18. The molecule has 0 aromatic heterocycles. The molecule has 0 heterocycles. The van der Waals surface area contributed by atoms with E-state index in [2.05, 4.69) is 19.1 Å². The minimum atomic E-state index is -1.06. The van der Waals surface area contributed by atoms with Crippen molar-refractivity contribution in [2.45, 2.75) is 58.3 Å². The Morgan fingerprint density at radius 3 is 2.05 bits per heavy atom. The Balaban J connectivity index is 3.66. The Morgan fingerprint density at radius 1 is 0.950 bits per heavy atom. The average molecular weight is 282 g/mol. The normalized spacial score (nSPS) is 13.1. The second-order valence-corrected chi connectivity index (χ2v) is 4.86. The molecule has 4 nitrogen and oxygen atoms in total. The van der Waals surface area contributed by atoms with Crippen LogP contribution in [0.4, 0.5) is 0 Å². The van der Waals surface area contributed by atoms with E-state index in [1.165, 1.54) is 6.42 Å². The van der Waals surface area contributed by atoms with Gasteiger partial charge >= 0.3 is 11.9 Å². The molecule has 114 valence electrons. The van der Waals surface area contributed by atoms with E-state index in [0.717, 1.165) is 32.1 Å². The number of unbranched alkanes of at least 4 members (excludes halogenated alkanes) is 4. The molecule has 0 bridgehead atoms. The van der Waals surface area contributed by atoms with Crippen molar-refractivity contribution in [3.8, 4) is 0 Å². The molecule has 0 rings (SSSR count). The van der Waals surface area contributed by atoms with Gasteiger partial charge in [0.15, 0.2) is 0 Å². The van der Waals surface area contributed by atoms with Crippen molar-refractivity contribution in [2.24, 2.45) is 5.92 Å². The quantitative estimate of drug-likeness (QED) is 0.418. The maximum atomic E-state index is 10.8. The standard InChI is InChI=1S/C16H26O4/c1-2-3-4-5-6-7-8-9-10-11-12-14(16(19)20)13-15(17)18/h3-4,10-11,14H,2,5-9,12-13H2,1H3,(H,17,18)(H,19,20)/b4-3+,11-10+. The lowest BCUT2D eigenvalue weighted by atomic mass is 10.0. The second-order valence-electron chi connectivity index (χ2n) is 4.86. The van der Waals surface area contributed by atoms with Gasteiger partial charge in [0.2, 0.25) is 0 Å². The van der Waals surface area contributed by atoms with Crippen LogP contribution in [-0.4, -0.2) is 22.2 Å². The molecule has 20 heavy (non-hydrogen) atoms. The van der Waals surface area contributed by atoms with Crippen LogP contribution >= 0.6 is 0 Å². The van der Waals surface area contributed by atoms with E-state index < -0.39 is 17.9 Å². The zero-order valence-corrected chi connectivity index (χ0v) is 12.3. The number of aliphatic carboxylic acids is 2. The van der Waals surface area contributed by atoms with E-state index in [4.69, 9.17) is 10.2 Å². The van der Waals surface area contributed by atoms with Crippen molar-refractivity contribution < 1.29 is 19.8 Å². The molecular formula is C16H26O4. The fourth-order valence-corrected chi connectivity index (χ4v) is 1.85. The number of allylic oxidation sites excluding steroid dienone is 4. The highest BCUT2D eigenvalue weighted by atomic mass is 16.4. The Labute approximate surface area is 121 Å². The van der Waals surface area contributed by atoms with Crippen molar-refractivity contribution in [1.82, 2.24) is 0 Å². The first-order valence-corrected chi connectivity index (χ1v) is 7.32. The number of hydrogen-bond acceptors (Lipinski definition) is 2. The van der Waals surface area contributed by atoms with Gasteiger partial charge in [-0.1, -0.05) is 37.6 Å². The molecule has 2 N–H and O–H groups in total. The summed E-state index contributed by atoms with van der Waals surface area (Å²) in [6.45, 7) is 2.12. The van der Waals surface area contributed by atoms with Crippen molar-refractivity contribution in [2.75, 3.05) is 0 Å². The van der Waals surface area contributed by atoms with Gasteiger partial charge in [-0.2, -0.15) is 0 Å². The van der Waals surface area contributed by atoms with Crippen LogP contribution in [0.3, 0.4) is 0 Å². The maximum Gasteiger partial charge on any atom is 0.307 e. The van der Waals surface area contributed by atoms with E-state index in [1.54, 1.807) is 6.08 Å². The summed E-state index contributed by atoms with van der Waals surface area (Å²) in [6, 6.07) is 0. The van der Waals surface area contributed by atoms with Crippen LogP contribution in [0.5, 0.6) is 0 Å². The van der Waals surface area contributed by atoms with Crippen molar-refractivity contribution in [3.05, 3.63) is 24.3 Å². The van der Waals surface area contributed by atoms with E-state index in [-0.39, 0.29) is 6.42 Å². The molecule has 0 aromatic rings. The van der Waals surface area contributed by atoms with Gasteiger partial charge in [0, 0.05) is 0 Å². The van der Waals surface area contributed by atoms with Crippen LogP contribution in [0.15, 0.2) is 24.3 Å². The van der Waals surface area contributed by atoms with Gasteiger partial charge < -0.3 is 10.2 Å². The summed E-state index contributed by atoms with van der Waals surface area (Å²) in [4.78, 5) is 21.3. The summed E-state index contributed by atoms with van der Waals surface area (Å²) in [5, 5.41) is 17.5. The maximum absolute atomic E-state index is 10.8. The highest BCUT2D eigenvalue weighted by Crippen LogP contribution is 2.11. The average Bonchev–Trinajstić information content (AvgIpc) is 2.39. The Hall–Kier alpha value is -1.58. The summed E-state index contributed by atoms with van der Waals surface area (Å²) in [5.41, 5.74) is 0. The molecule has 0 aliphatic carbocycles. The lowest BCUT2D eigenvalue weighted by molar-refractivity contribution is -0.148. The molecule has 0 aliphatic rings. The predicted molar refractivity (Wildman–Crippen MR) is 79.7 cm³/mol. The predicted octanol–water partition coefficient (Wildman–Crippen LogP) is 4.02. The third kappa shape index (κ3) is 11.5. The number of carboxylic acid groups (broad SMARTS) is 2. The van der Waals surface area contributed by atoms with Crippen LogP contribution in [0.25, 0.3) is 0 Å². The number of carboxylic acids is 2. The molecule has 0 aliphatic heterocycles. The largest absolute Gasteiger partial charge is 0.481 e. The molecule has 0 saturated heterocycles. The summed E-state index contributed by atoms with van der Waals surface area (Å²) < 4.78 is 0. The van der Waals surface area contributed by atoms with Crippen LogP contribution in [-0.2, 0) is 9.59 Å². The van der Waals surface area contributed by atoms with E-state index in [0.29, 0.717) is 6.42 Å². The Bertz CT molecular complexity index is 331. The van der Waals surface area contributed by atoms with Gasteiger partial charge in [-0.05, 0) is 38.5 Å². The summed E-state index contributed by atoms with van der Waals surface area (Å²) in [6.07, 6.45) is 14.7. The zero-order valence-electron chi connectivity index (χ0n) is 12.3. The number of carbonyl (C=O) groups is 2. The molecule has 0 amide bonds. The fourth-order valence-electron chi connectivity index (χ4n) is 1.85. The smallest absolute Gasteiger partial charge is 0.307 e. The van der Waals surface area contributed by atoms with Crippen molar-refractivity contribution >= 4 is 11.9 Å². The van der Waals surface area contributed by atoms with E-state index >= 15 is 0 Å². The molecular weight excluding hydrogens is 256 g/mol. The SMILES string of the molecule is CC/C=C/CCCCC/C=C/CC(CC(=O)O)C(=O)O. The molecule has 0 spiro atoms. The van der Waals surface area contributed by atoms with Gasteiger partial charge in [-0.3, -0.25) is 9.59 Å². The van der Waals surface area contributed by atoms with Gasteiger partial charge in [0.05, 0.1) is 12.3 Å². The summed E-state index contributed by atoms with van der Waals surface area (Å²) >= 11 is 0. The number of hydrogen-bond donors (Lipinski definition) is 2. The van der Waals surface area contributed by atoms with Gasteiger partial charge in [-0.15, -0.1) is 0 Å². The number of rotatable bonds is 12. The molecule has 0 aromatic carbocycles. The third-order valence-electron chi connectivity index (χ3n) is 3.00. The molecule has 0 saturated carbocycles. The second kappa shape index (κ2) is 12.5. The molecule has 1 unspecified atom stereocenters. The van der Waals surface area contributed by atoms with Crippen molar-refractivity contribution in [3.63, 3.8) is 0 Å². The minimum absolute atomic E-state index is 0.293. The first-order valence-electron chi connectivity index (χ1n) is 7.32. The topological polar surface area (TPSA) is 74.6 Å². The lowest BCUT2D eigenvalue weighted by Gasteiger charge is -2.05. The minimum Gasteiger partial charge on any atom is -0.481 e. The molecule has 4 heteroatoms. The lowest BCUT2D eigenvalue weighted by Crippen LogP contribution is -2.16. The first kappa shape index (κ1) is 18.4. The third-order valence-corrected chi connectivity index (χ3v) is 3.00. The molecule has 1 atom stereocenters.